The molecule has 1 aromatic heterocycles. The van der Waals surface area contributed by atoms with Crippen LogP contribution in [0.3, 0.4) is 0 Å². The number of carbonyl (C=O) groups is 1. The third-order valence-electron chi connectivity index (χ3n) is 4.74. The van der Waals surface area contributed by atoms with Gasteiger partial charge in [-0.25, -0.2) is 4.68 Å². The molecule has 0 bridgehead atoms. The van der Waals surface area contributed by atoms with Crippen LogP contribution in [-0.4, -0.2) is 48.4 Å². The predicted molar refractivity (Wildman–Crippen MR) is 126 cm³/mol. The molecule has 3 rings (SSSR count). The highest BCUT2D eigenvalue weighted by Gasteiger charge is 2.04. The molecule has 0 saturated heterocycles. The summed E-state index contributed by atoms with van der Waals surface area (Å²) in [6.07, 6.45) is 4.58. The number of amides is 1. The number of likely N-dealkylation sites (N-methyl/N-ethyl adjacent to an activating group) is 1. The molecule has 2 aromatic carbocycles. The molecule has 168 valence electrons. The maximum absolute atomic E-state index is 11.6. The first-order chi connectivity index (χ1) is 15.7. The fraction of sp³-hybridized carbons (Fsp3) is 0.292. The van der Waals surface area contributed by atoms with E-state index in [-0.39, 0.29) is 12.5 Å². The Balaban J connectivity index is 1.42. The van der Waals surface area contributed by atoms with Crippen molar-refractivity contribution in [1.29, 1.82) is 0 Å². The summed E-state index contributed by atoms with van der Waals surface area (Å²) in [6, 6.07) is 17.9. The first kappa shape index (κ1) is 22.9. The number of benzene rings is 2. The minimum atomic E-state index is -0.128. The summed E-state index contributed by atoms with van der Waals surface area (Å²) in [6.45, 7) is 3.84. The Morgan fingerprint density at radius 3 is 2.62 bits per heavy atom. The number of guanidine groups is 1. The second kappa shape index (κ2) is 12.1. The van der Waals surface area contributed by atoms with Gasteiger partial charge in [0.1, 0.15) is 5.75 Å². The van der Waals surface area contributed by atoms with Crippen LogP contribution < -0.4 is 20.7 Å². The fourth-order valence-corrected chi connectivity index (χ4v) is 3.11. The van der Waals surface area contributed by atoms with Gasteiger partial charge in [0, 0.05) is 39.1 Å². The van der Waals surface area contributed by atoms with E-state index in [4.69, 9.17) is 4.74 Å². The summed E-state index contributed by atoms with van der Waals surface area (Å²) in [5.74, 6) is 1.26. The van der Waals surface area contributed by atoms with Gasteiger partial charge >= 0.3 is 0 Å². The van der Waals surface area contributed by atoms with Crippen molar-refractivity contribution in [2.75, 3.05) is 26.7 Å². The van der Waals surface area contributed by atoms with Crippen molar-refractivity contribution in [1.82, 2.24) is 25.7 Å². The molecule has 0 fully saturated rings. The molecule has 1 heterocycles. The minimum absolute atomic E-state index is 0.0108. The average molecular weight is 435 g/mol. The van der Waals surface area contributed by atoms with Crippen LogP contribution in [0.25, 0.3) is 5.69 Å². The number of carbonyl (C=O) groups excluding carboxylic acids is 1. The lowest BCUT2D eigenvalue weighted by Gasteiger charge is -2.13. The molecule has 0 atom stereocenters. The van der Waals surface area contributed by atoms with Gasteiger partial charge in [0.2, 0.25) is 0 Å². The maximum Gasteiger partial charge on any atom is 0.257 e. The Labute approximate surface area is 188 Å². The average Bonchev–Trinajstić information content (AvgIpc) is 3.36. The number of aliphatic imine (C=N–C) groups is 1. The number of hydrogen-bond donors (Lipinski definition) is 3. The maximum atomic E-state index is 11.6. The quantitative estimate of drug-likeness (QED) is 0.336. The van der Waals surface area contributed by atoms with E-state index in [0.29, 0.717) is 18.8 Å². The number of ether oxygens (including phenoxy) is 1. The standard InChI is InChI=1S/C24H30N6O2/c1-3-26-23(31)18-32-22-7-4-6-20(16-22)17-28-24(25-2)27-14-12-19-8-10-21(11-9-19)30-15-5-13-29-30/h4-11,13,15-16H,3,12,14,17-18H2,1-2H3,(H,26,31)(H2,25,27,28). The molecule has 0 unspecified atom stereocenters. The number of rotatable bonds is 10. The topological polar surface area (TPSA) is 92.6 Å². The molecule has 0 aliphatic carbocycles. The van der Waals surface area contributed by atoms with E-state index in [2.05, 4.69) is 50.3 Å². The molecule has 0 aliphatic heterocycles. The van der Waals surface area contributed by atoms with Gasteiger partial charge in [0.05, 0.1) is 5.69 Å². The van der Waals surface area contributed by atoms with Gasteiger partial charge in [0.15, 0.2) is 12.6 Å². The van der Waals surface area contributed by atoms with Crippen molar-refractivity contribution in [2.24, 2.45) is 4.99 Å². The number of aromatic nitrogens is 2. The molecule has 1 amide bonds. The molecule has 0 saturated carbocycles. The first-order valence-electron chi connectivity index (χ1n) is 10.7. The Hall–Kier alpha value is -3.81. The molecule has 8 nitrogen and oxygen atoms in total. The number of nitrogens with one attached hydrogen (secondary N) is 3. The summed E-state index contributed by atoms with van der Waals surface area (Å²) in [5, 5.41) is 13.6. The van der Waals surface area contributed by atoms with Crippen molar-refractivity contribution < 1.29 is 9.53 Å². The molecule has 0 spiro atoms. The van der Waals surface area contributed by atoms with Crippen LogP contribution >= 0.6 is 0 Å². The summed E-state index contributed by atoms with van der Waals surface area (Å²) in [5.41, 5.74) is 3.32. The van der Waals surface area contributed by atoms with E-state index in [1.54, 1.807) is 13.2 Å². The van der Waals surface area contributed by atoms with E-state index in [1.165, 1.54) is 5.56 Å². The van der Waals surface area contributed by atoms with Crippen LogP contribution in [-0.2, 0) is 17.8 Å². The third-order valence-corrected chi connectivity index (χ3v) is 4.74. The highest BCUT2D eigenvalue weighted by atomic mass is 16.5. The molecule has 0 radical (unpaired) electrons. The summed E-state index contributed by atoms with van der Waals surface area (Å²) in [4.78, 5) is 15.8. The van der Waals surface area contributed by atoms with Crippen molar-refractivity contribution in [3.05, 3.63) is 78.1 Å². The van der Waals surface area contributed by atoms with Crippen molar-refractivity contribution in [3.8, 4) is 11.4 Å². The Bertz CT molecular complexity index is 1000. The minimum Gasteiger partial charge on any atom is -0.484 e. The zero-order chi connectivity index (χ0) is 22.6. The van der Waals surface area contributed by atoms with E-state index in [1.807, 2.05) is 48.1 Å². The molecule has 0 aliphatic rings. The zero-order valence-corrected chi connectivity index (χ0v) is 18.5. The second-order valence-corrected chi connectivity index (χ2v) is 7.11. The summed E-state index contributed by atoms with van der Waals surface area (Å²) in [7, 11) is 1.75. The van der Waals surface area contributed by atoms with Crippen LogP contribution in [0.5, 0.6) is 5.75 Å². The van der Waals surface area contributed by atoms with Crippen molar-refractivity contribution >= 4 is 11.9 Å². The van der Waals surface area contributed by atoms with Gasteiger partial charge in [-0.15, -0.1) is 0 Å². The molecule has 32 heavy (non-hydrogen) atoms. The monoisotopic (exact) mass is 434 g/mol. The molecular weight excluding hydrogens is 404 g/mol. The normalized spacial score (nSPS) is 11.1. The Morgan fingerprint density at radius 1 is 1.06 bits per heavy atom. The van der Waals surface area contributed by atoms with Crippen LogP contribution in [0.4, 0.5) is 0 Å². The van der Waals surface area contributed by atoms with Gasteiger partial charge in [-0.1, -0.05) is 24.3 Å². The van der Waals surface area contributed by atoms with Gasteiger partial charge < -0.3 is 20.7 Å². The van der Waals surface area contributed by atoms with Gasteiger partial charge in [-0.05, 0) is 54.8 Å². The molecule has 3 aromatic rings. The first-order valence-corrected chi connectivity index (χ1v) is 10.7. The van der Waals surface area contributed by atoms with Crippen molar-refractivity contribution in [2.45, 2.75) is 19.9 Å². The second-order valence-electron chi connectivity index (χ2n) is 7.11. The number of hydrogen-bond acceptors (Lipinski definition) is 4. The predicted octanol–water partition coefficient (Wildman–Crippen LogP) is 2.29. The Kier molecular flexibility index (Phi) is 8.68. The van der Waals surface area contributed by atoms with E-state index in [0.717, 1.165) is 30.2 Å². The van der Waals surface area contributed by atoms with Crippen LogP contribution in [0.15, 0.2) is 72.0 Å². The highest BCUT2D eigenvalue weighted by molar-refractivity contribution is 5.79. The van der Waals surface area contributed by atoms with Gasteiger partial charge in [-0.2, -0.15) is 5.10 Å². The molecular formula is C24H30N6O2. The zero-order valence-electron chi connectivity index (χ0n) is 18.5. The van der Waals surface area contributed by atoms with Crippen LogP contribution in [0, 0.1) is 0 Å². The highest BCUT2D eigenvalue weighted by Crippen LogP contribution is 2.13. The van der Waals surface area contributed by atoms with Gasteiger partial charge in [0.25, 0.3) is 5.91 Å². The Morgan fingerprint density at radius 2 is 1.91 bits per heavy atom. The van der Waals surface area contributed by atoms with Crippen LogP contribution in [0.2, 0.25) is 0 Å². The summed E-state index contributed by atoms with van der Waals surface area (Å²) >= 11 is 0. The third kappa shape index (κ3) is 7.16. The largest absolute Gasteiger partial charge is 0.484 e. The van der Waals surface area contributed by atoms with Crippen molar-refractivity contribution in [3.63, 3.8) is 0 Å². The van der Waals surface area contributed by atoms with E-state index in [9.17, 15) is 4.79 Å². The summed E-state index contributed by atoms with van der Waals surface area (Å²) < 4.78 is 7.39. The van der Waals surface area contributed by atoms with E-state index < -0.39 is 0 Å². The SMILES string of the molecule is CCNC(=O)COc1cccc(CNC(=NC)NCCc2ccc(-n3cccn3)cc2)c1. The molecule has 8 heteroatoms. The lowest BCUT2D eigenvalue weighted by atomic mass is 10.1. The van der Waals surface area contributed by atoms with E-state index >= 15 is 0 Å². The smallest absolute Gasteiger partial charge is 0.257 e. The van der Waals surface area contributed by atoms with Gasteiger partial charge in [-0.3, -0.25) is 9.79 Å². The lowest BCUT2D eigenvalue weighted by molar-refractivity contribution is -0.122. The lowest BCUT2D eigenvalue weighted by Crippen LogP contribution is -2.37. The molecule has 3 N–H and O–H groups in total. The fourth-order valence-electron chi connectivity index (χ4n) is 3.11. The number of nitrogens with zero attached hydrogens (tertiary/aromatic N) is 3. The van der Waals surface area contributed by atoms with Crippen LogP contribution in [0.1, 0.15) is 18.1 Å².